The predicted molar refractivity (Wildman–Crippen MR) is 155 cm³/mol. The molecule has 1 aromatic heterocycles. The number of rotatable bonds is 8. The Morgan fingerprint density at radius 3 is 2.33 bits per heavy atom. The Kier molecular flexibility index (Phi) is 7.29. The summed E-state index contributed by atoms with van der Waals surface area (Å²) >= 11 is 0. The number of fused-ring (bicyclic) bond motifs is 2. The minimum Gasteiger partial charge on any atom is -0.348 e. The third-order valence-electron chi connectivity index (χ3n) is 8.11. The quantitative estimate of drug-likeness (QED) is 0.305. The topological polar surface area (TPSA) is 101 Å². The SMILES string of the molecule is CCC(C)C(C(=O)NNS(=O)(=O)c1ccc(C)cc1)N1C(=O)c2ccccc2C1c1c(C)n(C)c2ccccc12. The lowest BCUT2D eigenvalue weighted by Gasteiger charge is -2.36. The van der Waals surface area contributed by atoms with Gasteiger partial charge in [-0.15, -0.1) is 4.83 Å². The maximum absolute atomic E-state index is 14.1. The maximum atomic E-state index is 14.1. The van der Waals surface area contributed by atoms with Gasteiger partial charge >= 0.3 is 0 Å². The fourth-order valence-electron chi connectivity index (χ4n) is 5.66. The Balaban J connectivity index is 1.58. The third-order valence-corrected chi connectivity index (χ3v) is 9.38. The lowest BCUT2D eigenvalue weighted by Crippen LogP contribution is -2.55. The van der Waals surface area contributed by atoms with Crippen molar-refractivity contribution in [1.29, 1.82) is 0 Å². The van der Waals surface area contributed by atoms with Gasteiger partial charge in [-0.25, -0.2) is 8.42 Å². The molecule has 2 N–H and O–H groups in total. The smallest absolute Gasteiger partial charge is 0.258 e. The fraction of sp³-hybridized carbons (Fsp3) is 0.290. The first kappa shape index (κ1) is 27.6. The Labute approximate surface area is 235 Å². The van der Waals surface area contributed by atoms with Crippen LogP contribution in [-0.2, 0) is 21.9 Å². The molecule has 9 heteroatoms. The largest absolute Gasteiger partial charge is 0.348 e. The first-order chi connectivity index (χ1) is 19.1. The van der Waals surface area contributed by atoms with E-state index in [1.54, 1.807) is 23.1 Å². The van der Waals surface area contributed by atoms with Crippen molar-refractivity contribution >= 4 is 32.7 Å². The van der Waals surface area contributed by atoms with Gasteiger partial charge in [0, 0.05) is 34.8 Å². The van der Waals surface area contributed by atoms with Gasteiger partial charge in [0.15, 0.2) is 0 Å². The van der Waals surface area contributed by atoms with Gasteiger partial charge in [0.05, 0.1) is 10.9 Å². The minimum atomic E-state index is -4.02. The van der Waals surface area contributed by atoms with Crippen molar-refractivity contribution in [2.24, 2.45) is 13.0 Å². The lowest BCUT2D eigenvalue weighted by atomic mass is 9.91. The number of carbonyl (C=O) groups is 2. The van der Waals surface area contributed by atoms with E-state index in [4.69, 9.17) is 0 Å². The number of nitrogens with one attached hydrogen (secondary N) is 2. The van der Waals surface area contributed by atoms with E-state index in [1.807, 2.05) is 77.2 Å². The highest BCUT2D eigenvalue weighted by atomic mass is 32.2. The summed E-state index contributed by atoms with van der Waals surface area (Å²) < 4.78 is 28.0. The molecule has 8 nitrogen and oxygen atoms in total. The highest BCUT2D eigenvalue weighted by Gasteiger charge is 2.47. The molecule has 3 aromatic carbocycles. The van der Waals surface area contributed by atoms with Crippen LogP contribution in [0.1, 0.15) is 59.1 Å². The van der Waals surface area contributed by atoms with Crippen molar-refractivity contribution in [1.82, 2.24) is 19.7 Å². The number of sulfonamides is 1. The third kappa shape index (κ3) is 4.59. The Hall–Kier alpha value is -3.95. The van der Waals surface area contributed by atoms with Crippen molar-refractivity contribution in [2.45, 2.75) is 51.1 Å². The second-order valence-corrected chi connectivity index (χ2v) is 12.2. The molecule has 0 aliphatic carbocycles. The number of aryl methyl sites for hydroxylation is 2. The summed E-state index contributed by atoms with van der Waals surface area (Å²) in [7, 11) is -2.02. The van der Waals surface area contributed by atoms with Gasteiger partial charge in [-0.1, -0.05) is 74.4 Å². The van der Waals surface area contributed by atoms with Gasteiger partial charge < -0.3 is 9.47 Å². The lowest BCUT2D eigenvalue weighted by molar-refractivity contribution is -0.128. The Morgan fingerprint density at radius 2 is 1.62 bits per heavy atom. The van der Waals surface area contributed by atoms with Crippen LogP contribution in [0, 0.1) is 19.8 Å². The summed E-state index contributed by atoms with van der Waals surface area (Å²) in [6, 6.07) is 20.4. The van der Waals surface area contributed by atoms with Crippen LogP contribution in [0.4, 0.5) is 0 Å². The van der Waals surface area contributed by atoms with E-state index in [9.17, 15) is 18.0 Å². The first-order valence-corrected chi connectivity index (χ1v) is 14.9. The highest BCUT2D eigenvalue weighted by Crippen LogP contribution is 2.45. The number of carbonyl (C=O) groups excluding carboxylic acids is 2. The number of nitrogens with zero attached hydrogens (tertiary/aromatic N) is 2. The van der Waals surface area contributed by atoms with Gasteiger partial charge in [0.2, 0.25) is 0 Å². The van der Waals surface area contributed by atoms with Crippen molar-refractivity contribution in [3.63, 3.8) is 0 Å². The summed E-state index contributed by atoms with van der Waals surface area (Å²) in [4.78, 5) is 31.8. The monoisotopic (exact) mass is 558 g/mol. The molecule has 5 rings (SSSR count). The minimum absolute atomic E-state index is 0.0346. The molecule has 4 aromatic rings. The number of para-hydroxylation sites is 1. The van der Waals surface area contributed by atoms with Crippen LogP contribution in [0.25, 0.3) is 10.9 Å². The first-order valence-electron chi connectivity index (χ1n) is 13.4. The van der Waals surface area contributed by atoms with E-state index in [2.05, 4.69) is 14.8 Å². The van der Waals surface area contributed by atoms with Crippen LogP contribution in [0.5, 0.6) is 0 Å². The second-order valence-electron chi connectivity index (χ2n) is 10.5. The average Bonchev–Trinajstić information content (AvgIpc) is 3.37. The van der Waals surface area contributed by atoms with Gasteiger partial charge in [-0.3, -0.25) is 15.0 Å². The van der Waals surface area contributed by atoms with Gasteiger partial charge in [-0.2, -0.15) is 0 Å². The van der Waals surface area contributed by atoms with Crippen molar-refractivity contribution in [3.05, 3.63) is 101 Å². The molecule has 2 heterocycles. The van der Waals surface area contributed by atoms with Crippen LogP contribution < -0.4 is 10.3 Å². The molecule has 1 aliphatic heterocycles. The summed E-state index contributed by atoms with van der Waals surface area (Å²) in [6.07, 6.45) is 0.601. The molecule has 3 unspecified atom stereocenters. The van der Waals surface area contributed by atoms with Crippen molar-refractivity contribution < 1.29 is 18.0 Å². The van der Waals surface area contributed by atoms with Gasteiger partial charge in [-0.05, 0) is 49.6 Å². The molecule has 0 bridgehead atoms. The van der Waals surface area contributed by atoms with Crippen LogP contribution in [0.2, 0.25) is 0 Å². The van der Waals surface area contributed by atoms with E-state index in [-0.39, 0.29) is 16.7 Å². The van der Waals surface area contributed by atoms with Crippen molar-refractivity contribution in [3.8, 4) is 0 Å². The van der Waals surface area contributed by atoms with Gasteiger partial charge in [0.1, 0.15) is 6.04 Å². The highest BCUT2D eigenvalue weighted by molar-refractivity contribution is 7.89. The molecule has 0 spiro atoms. The molecule has 208 valence electrons. The molecular weight excluding hydrogens is 524 g/mol. The maximum Gasteiger partial charge on any atom is 0.258 e. The summed E-state index contributed by atoms with van der Waals surface area (Å²) in [5.41, 5.74) is 7.69. The van der Waals surface area contributed by atoms with E-state index in [0.717, 1.165) is 33.3 Å². The molecule has 3 atom stereocenters. The van der Waals surface area contributed by atoms with Crippen LogP contribution in [0.3, 0.4) is 0 Å². The molecular formula is C31H34N4O4S. The van der Waals surface area contributed by atoms with E-state index >= 15 is 0 Å². The summed E-state index contributed by atoms with van der Waals surface area (Å²) in [5.74, 6) is -1.11. The number of aromatic nitrogens is 1. The summed E-state index contributed by atoms with van der Waals surface area (Å²) in [6.45, 7) is 7.74. The fourth-order valence-corrected chi connectivity index (χ4v) is 6.51. The molecule has 0 saturated heterocycles. The molecule has 40 heavy (non-hydrogen) atoms. The Bertz CT molecular complexity index is 1710. The number of hydrazine groups is 1. The second kappa shape index (κ2) is 10.6. The molecule has 1 aliphatic rings. The van der Waals surface area contributed by atoms with E-state index in [0.29, 0.717) is 12.0 Å². The zero-order chi connectivity index (χ0) is 28.8. The number of hydrogen-bond donors (Lipinski definition) is 2. The number of hydrogen-bond acceptors (Lipinski definition) is 4. The van der Waals surface area contributed by atoms with E-state index in [1.165, 1.54) is 12.1 Å². The van der Waals surface area contributed by atoms with E-state index < -0.39 is 28.0 Å². The molecule has 0 radical (unpaired) electrons. The predicted octanol–water partition coefficient (Wildman–Crippen LogP) is 4.76. The zero-order valence-electron chi connectivity index (χ0n) is 23.3. The van der Waals surface area contributed by atoms with Crippen molar-refractivity contribution in [2.75, 3.05) is 0 Å². The van der Waals surface area contributed by atoms with Gasteiger partial charge in [0.25, 0.3) is 21.8 Å². The number of amides is 2. The van der Waals surface area contributed by atoms with Crippen LogP contribution >= 0.6 is 0 Å². The standard InChI is InChI=1S/C31H34N4O4S/c1-6-20(3)28(30(36)32-33-40(38,39)22-17-15-19(2)16-18-22)35-29(23-11-7-8-12-24(23)31(35)37)27-21(4)34(5)26-14-10-9-13-25(26)27/h7-18,20,28-29,33H,6H2,1-5H3,(H,32,36). The zero-order valence-corrected chi connectivity index (χ0v) is 24.1. The number of benzene rings is 3. The molecule has 0 fully saturated rings. The van der Waals surface area contributed by atoms with Crippen LogP contribution in [0.15, 0.2) is 77.7 Å². The van der Waals surface area contributed by atoms with Crippen LogP contribution in [-0.4, -0.2) is 35.7 Å². The molecule has 2 amide bonds. The average molecular weight is 559 g/mol. The summed E-state index contributed by atoms with van der Waals surface area (Å²) in [5, 5.41) is 1.00. The normalized spacial score (nSPS) is 16.7. The Morgan fingerprint density at radius 1 is 0.975 bits per heavy atom. The molecule has 0 saturated carbocycles.